The second kappa shape index (κ2) is 5.27. The summed E-state index contributed by atoms with van der Waals surface area (Å²) in [6.07, 6.45) is 1.55. The molecule has 3 aromatic rings. The van der Waals surface area contributed by atoms with E-state index in [4.69, 9.17) is 18.0 Å². The van der Waals surface area contributed by atoms with Crippen molar-refractivity contribution in [1.29, 1.82) is 0 Å². The van der Waals surface area contributed by atoms with Gasteiger partial charge in [-0.1, -0.05) is 66.8 Å². The molecule has 2 aromatic carbocycles. The van der Waals surface area contributed by atoms with Crippen LogP contribution < -0.4 is 5.73 Å². The van der Waals surface area contributed by atoms with Gasteiger partial charge in [0.05, 0.1) is 11.9 Å². The lowest BCUT2D eigenvalue weighted by Crippen LogP contribution is -1.96. The standard InChI is InChI=1S/C16H13N3S/c17-16-15(19-14(20)10-18-16)13-8-6-12(7-9-13)11-4-2-1-3-5-11/h1-10H,(H2,17,18)(H,19,20). The molecule has 0 aliphatic rings. The van der Waals surface area contributed by atoms with Crippen LogP contribution in [0.4, 0.5) is 5.82 Å². The summed E-state index contributed by atoms with van der Waals surface area (Å²) in [5, 5.41) is 0. The molecule has 4 heteroatoms. The number of aromatic amines is 1. The van der Waals surface area contributed by atoms with Gasteiger partial charge in [0.25, 0.3) is 0 Å². The number of nitrogens with zero attached hydrogens (tertiary/aromatic N) is 1. The molecule has 0 saturated heterocycles. The molecule has 0 aliphatic carbocycles. The predicted molar refractivity (Wildman–Crippen MR) is 84.7 cm³/mol. The molecule has 0 amide bonds. The third-order valence-electron chi connectivity index (χ3n) is 3.11. The molecule has 0 unspecified atom stereocenters. The monoisotopic (exact) mass is 279 g/mol. The Hall–Kier alpha value is -2.46. The van der Waals surface area contributed by atoms with Crippen LogP contribution in [0.15, 0.2) is 60.8 Å². The fourth-order valence-corrected chi connectivity index (χ4v) is 2.25. The molecule has 0 saturated carbocycles. The summed E-state index contributed by atoms with van der Waals surface area (Å²) in [4.78, 5) is 7.16. The Morgan fingerprint density at radius 3 is 2.15 bits per heavy atom. The summed E-state index contributed by atoms with van der Waals surface area (Å²) in [5.41, 5.74) is 9.97. The molecule has 20 heavy (non-hydrogen) atoms. The molecule has 1 heterocycles. The molecule has 1 aromatic heterocycles. The fraction of sp³-hybridized carbons (Fsp3) is 0. The first kappa shape index (κ1) is 12.6. The van der Waals surface area contributed by atoms with Crippen molar-refractivity contribution in [3.05, 3.63) is 65.4 Å². The number of nitrogen functional groups attached to an aromatic ring is 1. The van der Waals surface area contributed by atoms with Gasteiger partial charge in [0.15, 0.2) is 0 Å². The highest BCUT2D eigenvalue weighted by Gasteiger charge is 2.04. The lowest BCUT2D eigenvalue weighted by Gasteiger charge is -2.06. The van der Waals surface area contributed by atoms with Crippen LogP contribution in [0.5, 0.6) is 0 Å². The minimum absolute atomic E-state index is 0.450. The molecule has 0 fully saturated rings. The zero-order valence-electron chi connectivity index (χ0n) is 10.7. The zero-order chi connectivity index (χ0) is 13.9. The Bertz CT molecular complexity index is 777. The number of H-pyrrole nitrogens is 1. The van der Waals surface area contributed by atoms with E-state index in [-0.39, 0.29) is 0 Å². The molecule has 3 N–H and O–H groups in total. The molecular weight excluding hydrogens is 266 g/mol. The number of aromatic nitrogens is 2. The van der Waals surface area contributed by atoms with E-state index in [0.29, 0.717) is 10.5 Å². The van der Waals surface area contributed by atoms with Crippen molar-refractivity contribution >= 4 is 18.0 Å². The highest BCUT2D eigenvalue weighted by atomic mass is 32.1. The quantitative estimate of drug-likeness (QED) is 0.696. The van der Waals surface area contributed by atoms with Gasteiger partial charge in [-0.2, -0.15) is 0 Å². The van der Waals surface area contributed by atoms with Crippen LogP contribution in [0.25, 0.3) is 22.4 Å². The van der Waals surface area contributed by atoms with Crippen molar-refractivity contribution in [2.75, 3.05) is 5.73 Å². The fourth-order valence-electron chi connectivity index (χ4n) is 2.09. The summed E-state index contributed by atoms with van der Waals surface area (Å²) in [5.74, 6) is 0.450. The second-order valence-electron chi connectivity index (χ2n) is 4.45. The normalized spacial score (nSPS) is 10.4. The Labute approximate surface area is 122 Å². The largest absolute Gasteiger partial charge is 0.382 e. The maximum absolute atomic E-state index is 5.88. The Morgan fingerprint density at radius 1 is 0.850 bits per heavy atom. The molecule has 0 radical (unpaired) electrons. The highest BCUT2D eigenvalue weighted by molar-refractivity contribution is 7.71. The van der Waals surface area contributed by atoms with E-state index < -0.39 is 0 Å². The zero-order valence-corrected chi connectivity index (χ0v) is 11.5. The van der Waals surface area contributed by atoms with Crippen molar-refractivity contribution in [3.63, 3.8) is 0 Å². The van der Waals surface area contributed by atoms with Gasteiger partial charge in [-0.3, -0.25) is 0 Å². The van der Waals surface area contributed by atoms with E-state index >= 15 is 0 Å². The van der Waals surface area contributed by atoms with Crippen LogP contribution >= 0.6 is 12.2 Å². The lowest BCUT2D eigenvalue weighted by atomic mass is 10.0. The number of rotatable bonds is 2. The summed E-state index contributed by atoms with van der Waals surface area (Å²) in [7, 11) is 0. The third kappa shape index (κ3) is 2.46. The molecule has 0 spiro atoms. The highest BCUT2D eigenvalue weighted by Crippen LogP contribution is 2.25. The number of nitrogens with one attached hydrogen (secondary N) is 1. The van der Waals surface area contributed by atoms with Crippen molar-refractivity contribution in [2.24, 2.45) is 0 Å². The van der Waals surface area contributed by atoms with Gasteiger partial charge in [0, 0.05) is 5.56 Å². The molecule has 0 atom stereocenters. The van der Waals surface area contributed by atoms with E-state index in [1.165, 1.54) is 5.56 Å². The van der Waals surface area contributed by atoms with Gasteiger partial charge in [0.1, 0.15) is 10.5 Å². The average molecular weight is 279 g/mol. The predicted octanol–water partition coefficient (Wildman–Crippen LogP) is 4.06. The number of benzene rings is 2. The number of hydrogen-bond acceptors (Lipinski definition) is 3. The number of anilines is 1. The summed E-state index contributed by atoms with van der Waals surface area (Å²) in [6, 6.07) is 18.4. The SMILES string of the molecule is Nc1ncc(=S)[nH]c1-c1ccc(-c2ccccc2)cc1. The summed E-state index contributed by atoms with van der Waals surface area (Å²) >= 11 is 5.09. The van der Waals surface area contributed by atoms with E-state index in [1.54, 1.807) is 6.20 Å². The van der Waals surface area contributed by atoms with Gasteiger partial charge >= 0.3 is 0 Å². The smallest absolute Gasteiger partial charge is 0.147 e. The van der Waals surface area contributed by atoms with E-state index in [9.17, 15) is 0 Å². The van der Waals surface area contributed by atoms with Crippen LogP contribution in [-0.2, 0) is 0 Å². The Balaban J connectivity index is 2.02. The molecule has 0 aliphatic heterocycles. The van der Waals surface area contributed by atoms with E-state index in [2.05, 4.69) is 34.2 Å². The van der Waals surface area contributed by atoms with Crippen LogP contribution in [0.3, 0.4) is 0 Å². The second-order valence-corrected chi connectivity index (χ2v) is 4.89. The van der Waals surface area contributed by atoms with Crippen molar-refractivity contribution < 1.29 is 0 Å². The first-order valence-electron chi connectivity index (χ1n) is 6.25. The van der Waals surface area contributed by atoms with Crippen LogP contribution in [-0.4, -0.2) is 9.97 Å². The molecule has 98 valence electrons. The minimum atomic E-state index is 0.450. The maximum atomic E-state index is 5.88. The lowest BCUT2D eigenvalue weighted by molar-refractivity contribution is 1.19. The Kier molecular flexibility index (Phi) is 3.31. The van der Waals surface area contributed by atoms with Gasteiger partial charge in [-0.15, -0.1) is 0 Å². The topological polar surface area (TPSA) is 54.7 Å². The first-order chi connectivity index (χ1) is 9.74. The van der Waals surface area contributed by atoms with Gasteiger partial charge < -0.3 is 10.7 Å². The van der Waals surface area contributed by atoms with Crippen molar-refractivity contribution in [1.82, 2.24) is 9.97 Å². The maximum Gasteiger partial charge on any atom is 0.147 e. The van der Waals surface area contributed by atoms with Crippen LogP contribution in [0.2, 0.25) is 0 Å². The number of nitrogens with two attached hydrogens (primary N) is 1. The molecular formula is C16H13N3S. The average Bonchev–Trinajstić information content (AvgIpc) is 2.51. The van der Waals surface area contributed by atoms with Crippen molar-refractivity contribution in [3.8, 4) is 22.4 Å². The van der Waals surface area contributed by atoms with Gasteiger partial charge in [-0.25, -0.2) is 4.98 Å². The summed E-state index contributed by atoms with van der Waals surface area (Å²) < 4.78 is 0.571. The van der Waals surface area contributed by atoms with Gasteiger partial charge in [-0.05, 0) is 11.1 Å². The third-order valence-corrected chi connectivity index (χ3v) is 3.31. The van der Waals surface area contributed by atoms with E-state index in [0.717, 1.165) is 16.8 Å². The first-order valence-corrected chi connectivity index (χ1v) is 6.65. The van der Waals surface area contributed by atoms with Crippen LogP contribution in [0, 0.1) is 4.64 Å². The van der Waals surface area contributed by atoms with Crippen molar-refractivity contribution in [2.45, 2.75) is 0 Å². The minimum Gasteiger partial charge on any atom is -0.382 e. The summed E-state index contributed by atoms with van der Waals surface area (Å²) in [6.45, 7) is 0. The van der Waals surface area contributed by atoms with Gasteiger partial charge in [0.2, 0.25) is 0 Å². The molecule has 0 bridgehead atoms. The Morgan fingerprint density at radius 2 is 1.45 bits per heavy atom. The molecule has 3 rings (SSSR count). The molecule has 3 nitrogen and oxygen atoms in total. The van der Waals surface area contributed by atoms with E-state index in [1.807, 2.05) is 30.3 Å². The number of hydrogen-bond donors (Lipinski definition) is 2. The van der Waals surface area contributed by atoms with Crippen LogP contribution in [0.1, 0.15) is 0 Å².